The predicted molar refractivity (Wildman–Crippen MR) is 102 cm³/mol. The maximum absolute atomic E-state index is 5.66. The van der Waals surface area contributed by atoms with Crippen molar-refractivity contribution in [3.8, 4) is 0 Å². The van der Waals surface area contributed by atoms with Crippen molar-refractivity contribution < 1.29 is 4.74 Å². The van der Waals surface area contributed by atoms with Crippen LogP contribution >= 0.6 is 11.3 Å². The van der Waals surface area contributed by atoms with Crippen LogP contribution in [0, 0.1) is 0 Å². The highest BCUT2D eigenvalue weighted by Crippen LogP contribution is 2.23. The summed E-state index contributed by atoms with van der Waals surface area (Å²) in [5, 5.41) is 5.93. The van der Waals surface area contributed by atoms with E-state index < -0.39 is 0 Å². The number of allylic oxidation sites excluding steroid dienone is 1. The summed E-state index contributed by atoms with van der Waals surface area (Å²) in [5.41, 5.74) is 9.77. The second-order valence-corrected chi connectivity index (χ2v) is 6.03. The van der Waals surface area contributed by atoms with Crippen LogP contribution in [0.2, 0.25) is 0 Å². The molecule has 0 aromatic carbocycles. The van der Waals surface area contributed by atoms with Crippen LogP contribution in [0.4, 0.5) is 10.9 Å². The number of nitrogens with one attached hydrogen (secondary N) is 1. The molecule has 3 N–H and O–H groups in total. The third kappa shape index (κ3) is 3.98. The first-order valence-corrected chi connectivity index (χ1v) is 8.43. The molecular formula is C17H18N6OS. The molecule has 0 aliphatic rings. The average molecular weight is 354 g/mol. The maximum atomic E-state index is 5.66. The first kappa shape index (κ1) is 17.0. The van der Waals surface area contributed by atoms with Gasteiger partial charge in [0, 0.05) is 49.3 Å². The van der Waals surface area contributed by atoms with E-state index in [0.717, 1.165) is 33.0 Å². The highest BCUT2D eigenvalue weighted by atomic mass is 32.1. The number of anilines is 2. The summed E-state index contributed by atoms with van der Waals surface area (Å²) >= 11 is 1.51. The Morgan fingerprint density at radius 3 is 3.00 bits per heavy atom. The minimum Gasteiger partial charge on any atom is -0.404 e. The monoisotopic (exact) mass is 354 g/mol. The SMILES string of the molecule is CN=CC(=CN)c1cnc2ccc(Nc3nc(COC)cs3)nc2c1. The lowest BCUT2D eigenvalue weighted by Crippen LogP contribution is -1.97. The van der Waals surface area contributed by atoms with E-state index in [-0.39, 0.29) is 0 Å². The molecule has 0 aliphatic heterocycles. The minimum atomic E-state index is 0.490. The van der Waals surface area contributed by atoms with E-state index in [2.05, 4.69) is 25.3 Å². The fourth-order valence-corrected chi connectivity index (χ4v) is 2.98. The van der Waals surface area contributed by atoms with Crippen LogP contribution in [-0.4, -0.2) is 35.3 Å². The summed E-state index contributed by atoms with van der Waals surface area (Å²) in [4.78, 5) is 17.5. The molecule has 3 aromatic rings. The maximum Gasteiger partial charge on any atom is 0.188 e. The molecule has 0 aliphatic carbocycles. The summed E-state index contributed by atoms with van der Waals surface area (Å²) in [6.07, 6.45) is 4.96. The van der Waals surface area contributed by atoms with Gasteiger partial charge in [-0.3, -0.25) is 9.98 Å². The molecule has 3 heterocycles. The first-order chi connectivity index (χ1) is 12.2. The zero-order valence-corrected chi connectivity index (χ0v) is 14.7. The number of thiazole rings is 1. The van der Waals surface area contributed by atoms with Gasteiger partial charge in [0.25, 0.3) is 0 Å². The van der Waals surface area contributed by atoms with Gasteiger partial charge in [-0.2, -0.15) is 0 Å². The zero-order valence-electron chi connectivity index (χ0n) is 13.9. The van der Waals surface area contributed by atoms with Crippen molar-refractivity contribution in [2.45, 2.75) is 6.61 Å². The zero-order chi connectivity index (χ0) is 17.6. The van der Waals surface area contributed by atoms with Crippen LogP contribution < -0.4 is 11.1 Å². The first-order valence-electron chi connectivity index (χ1n) is 7.55. The molecular weight excluding hydrogens is 336 g/mol. The number of fused-ring (bicyclic) bond motifs is 1. The Labute approximate surface area is 149 Å². The number of nitrogens with zero attached hydrogens (tertiary/aromatic N) is 4. The lowest BCUT2D eigenvalue weighted by molar-refractivity contribution is 0.182. The normalized spacial score (nSPS) is 12.2. The van der Waals surface area contributed by atoms with E-state index in [9.17, 15) is 0 Å². The Hall–Kier alpha value is -2.84. The van der Waals surface area contributed by atoms with Gasteiger partial charge < -0.3 is 15.8 Å². The lowest BCUT2D eigenvalue weighted by Gasteiger charge is -2.06. The van der Waals surface area contributed by atoms with Crippen molar-refractivity contribution in [1.82, 2.24) is 15.0 Å². The molecule has 0 bridgehead atoms. The molecule has 25 heavy (non-hydrogen) atoms. The number of methoxy groups -OCH3 is 1. The fraction of sp³-hybridized carbons (Fsp3) is 0.176. The highest BCUT2D eigenvalue weighted by Gasteiger charge is 2.06. The largest absolute Gasteiger partial charge is 0.404 e. The van der Waals surface area contributed by atoms with Crippen LogP contribution in [-0.2, 0) is 11.3 Å². The molecule has 0 fully saturated rings. The molecule has 0 spiro atoms. The van der Waals surface area contributed by atoms with E-state index in [0.29, 0.717) is 12.4 Å². The van der Waals surface area contributed by atoms with E-state index in [1.807, 2.05) is 23.6 Å². The van der Waals surface area contributed by atoms with Gasteiger partial charge >= 0.3 is 0 Å². The molecule has 0 radical (unpaired) electrons. The average Bonchev–Trinajstić information content (AvgIpc) is 3.06. The summed E-state index contributed by atoms with van der Waals surface area (Å²) < 4.78 is 5.08. The van der Waals surface area contributed by atoms with Gasteiger partial charge in [0.2, 0.25) is 0 Å². The molecule has 7 nitrogen and oxygen atoms in total. The van der Waals surface area contributed by atoms with Crippen molar-refractivity contribution in [2.24, 2.45) is 10.7 Å². The van der Waals surface area contributed by atoms with Gasteiger partial charge in [0.1, 0.15) is 5.82 Å². The molecule has 3 aromatic heterocycles. The quantitative estimate of drug-likeness (QED) is 0.660. The fourth-order valence-electron chi connectivity index (χ4n) is 2.28. The second-order valence-electron chi connectivity index (χ2n) is 5.17. The molecule has 0 atom stereocenters. The van der Waals surface area contributed by atoms with Crippen LogP contribution in [0.1, 0.15) is 11.3 Å². The smallest absolute Gasteiger partial charge is 0.188 e. The van der Waals surface area contributed by atoms with E-state index in [4.69, 9.17) is 10.5 Å². The molecule has 0 amide bonds. The second kappa shape index (κ2) is 7.82. The Morgan fingerprint density at radius 2 is 2.24 bits per heavy atom. The number of hydrogen-bond acceptors (Lipinski definition) is 8. The molecule has 128 valence electrons. The van der Waals surface area contributed by atoms with Crippen LogP contribution in [0.3, 0.4) is 0 Å². The van der Waals surface area contributed by atoms with E-state index in [1.54, 1.807) is 26.6 Å². The van der Waals surface area contributed by atoms with Crippen molar-refractivity contribution in [3.63, 3.8) is 0 Å². The number of pyridine rings is 2. The van der Waals surface area contributed by atoms with Gasteiger partial charge in [-0.05, 0) is 18.2 Å². The Kier molecular flexibility index (Phi) is 5.32. The summed E-state index contributed by atoms with van der Waals surface area (Å²) in [6.45, 7) is 0.490. The van der Waals surface area contributed by atoms with Crippen LogP contribution in [0.5, 0.6) is 0 Å². The number of nitrogens with two attached hydrogens (primary N) is 1. The molecule has 8 heteroatoms. The van der Waals surface area contributed by atoms with Gasteiger partial charge in [-0.1, -0.05) is 0 Å². The third-order valence-corrected chi connectivity index (χ3v) is 4.20. The number of aromatic nitrogens is 3. The minimum absolute atomic E-state index is 0.490. The van der Waals surface area contributed by atoms with Crippen molar-refractivity contribution in [3.05, 3.63) is 47.2 Å². The van der Waals surface area contributed by atoms with Gasteiger partial charge in [0.05, 0.1) is 23.3 Å². The van der Waals surface area contributed by atoms with Crippen molar-refractivity contribution in [2.75, 3.05) is 19.5 Å². The number of rotatable bonds is 6. The third-order valence-electron chi connectivity index (χ3n) is 3.40. The van der Waals surface area contributed by atoms with Crippen molar-refractivity contribution in [1.29, 1.82) is 0 Å². The Morgan fingerprint density at radius 1 is 1.36 bits per heavy atom. The predicted octanol–water partition coefficient (Wildman–Crippen LogP) is 2.98. The number of hydrogen-bond donors (Lipinski definition) is 2. The number of ether oxygens (including phenoxy) is 1. The molecule has 3 rings (SSSR count). The van der Waals surface area contributed by atoms with Crippen LogP contribution in [0.15, 0.2) is 41.0 Å². The topological polar surface area (TPSA) is 98.3 Å². The molecule has 0 saturated carbocycles. The summed E-state index contributed by atoms with van der Waals surface area (Å²) in [5.74, 6) is 0.701. The van der Waals surface area contributed by atoms with Gasteiger partial charge in [-0.15, -0.1) is 11.3 Å². The standard InChI is InChI=1S/C17H18N6OS/c1-19-7-12(6-18)11-5-15-14(20-8-11)3-4-16(22-15)23-17-21-13(9-24-2)10-25-17/h3-8,10H,9,18H2,1-2H3,(H,21,22,23). The highest BCUT2D eigenvalue weighted by molar-refractivity contribution is 7.13. The van der Waals surface area contributed by atoms with Crippen molar-refractivity contribution >= 4 is 45.1 Å². The summed E-state index contributed by atoms with van der Waals surface area (Å²) in [7, 11) is 3.35. The van der Waals surface area contributed by atoms with Gasteiger partial charge in [0.15, 0.2) is 5.13 Å². The molecule has 0 saturated heterocycles. The lowest BCUT2D eigenvalue weighted by atomic mass is 10.1. The van der Waals surface area contributed by atoms with E-state index >= 15 is 0 Å². The summed E-state index contributed by atoms with van der Waals surface area (Å²) in [6, 6.07) is 5.73. The van der Waals surface area contributed by atoms with E-state index in [1.165, 1.54) is 17.5 Å². The van der Waals surface area contributed by atoms with Gasteiger partial charge in [-0.25, -0.2) is 9.97 Å². The Balaban J connectivity index is 1.89. The Bertz CT molecular complexity index is 934. The molecule has 0 unspecified atom stereocenters. The van der Waals surface area contributed by atoms with Crippen LogP contribution in [0.25, 0.3) is 16.6 Å². The number of aliphatic imine (C=N–C) groups is 1.